The predicted molar refractivity (Wildman–Crippen MR) is 123 cm³/mol. The number of nitrogens with zero attached hydrogens (tertiary/aromatic N) is 1. The number of ketones is 1. The Morgan fingerprint density at radius 3 is 2.54 bits per heavy atom. The molecule has 5 atom stereocenters. The normalized spacial score (nSPS) is 28.0. The first-order valence-electron chi connectivity index (χ1n) is 11.9. The average Bonchev–Trinajstić information content (AvgIpc) is 3.42. The van der Waals surface area contributed by atoms with E-state index < -0.39 is 53.9 Å². The maximum atomic E-state index is 13.5. The van der Waals surface area contributed by atoms with Gasteiger partial charge in [-0.1, -0.05) is 42.5 Å². The molecule has 2 N–H and O–H groups in total. The van der Waals surface area contributed by atoms with Crippen molar-refractivity contribution in [2.24, 2.45) is 0 Å². The number of nitrogens with one attached hydrogen (secondary N) is 2. The van der Waals surface area contributed by atoms with Crippen LogP contribution in [0.25, 0.3) is 0 Å². The molecule has 3 aliphatic heterocycles. The SMILES string of the molecule is CCOC1OC(=O)CC1NC(=O)[C@@H]1CC[C@H]2CC=CC[C@H](NC(=O)C(=O)c3ccccc3)C(=O)N21. The van der Waals surface area contributed by atoms with Crippen LogP contribution < -0.4 is 10.6 Å². The minimum Gasteiger partial charge on any atom is -0.433 e. The van der Waals surface area contributed by atoms with E-state index in [2.05, 4.69) is 10.6 Å². The molecule has 3 aliphatic rings. The number of ether oxygens (including phenoxy) is 2. The maximum Gasteiger partial charge on any atom is 0.310 e. The van der Waals surface area contributed by atoms with Gasteiger partial charge in [-0.25, -0.2) is 0 Å². The van der Waals surface area contributed by atoms with Crippen LogP contribution in [-0.4, -0.2) is 71.4 Å². The zero-order valence-corrected chi connectivity index (χ0v) is 19.5. The number of amides is 3. The third-order valence-corrected chi connectivity index (χ3v) is 6.47. The number of fused-ring (bicyclic) bond motifs is 1. The van der Waals surface area contributed by atoms with E-state index in [-0.39, 0.29) is 24.4 Å². The zero-order valence-electron chi connectivity index (χ0n) is 19.5. The molecule has 186 valence electrons. The van der Waals surface area contributed by atoms with E-state index in [0.29, 0.717) is 25.9 Å². The number of benzene rings is 1. The molecule has 0 radical (unpaired) electrons. The van der Waals surface area contributed by atoms with Gasteiger partial charge in [0.2, 0.25) is 23.9 Å². The van der Waals surface area contributed by atoms with E-state index in [0.717, 1.165) is 0 Å². The Balaban J connectivity index is 1.47. The van der Waals surface area contributed by atoms with E-state index in [1.807, 2.05) is 12.2 Å². The molecule has 0 spiro atoms. The second-order valence-corrected chi connectivity index (χ2v) is 8.79. The number of cyclic esters (lactones) is 1. The molecular weight excluding hydrogens is 454 g/mol. The Hall–Kier alpha value is -3.53. The molecule has 35 heavy (non-hydrogen) atoms. The molecule has 10 heteroatoms. The molecule has 2 fully saturated rings. The van der Waals surface area contributed by atoms with Gasteiger partial charge in [-0.15, -0.1) is 0 Å². The summed E-state index contributed by atoms with van der Waals surface area (Å²) in [4.78, 5) is 65.1. The van der Waals surface area contributed by atoms with E-state index in [9.17, 15) is 24.0 Å². The van der Waals surface area contributed by atoms with E-state index >= 15 is 0 Å². The van der Waals surface area contributed by atoms with Gasteiger partial charge in [-0.05, 0) is 32.6 Å². The van der Waals surface area contributed by atoms with Crippen molar-refractivity contribution in [3.63, 3.8) is 0 Å². The minimum atomic E-state index is -0.977. The van der Waals surface area contributed by atoms with Crippen LogP contribution >= 0.6 is 0 Å². The van der Waals surface area contributed by atoms with Crippen molar-refractivity contribution in [3.05, 3.63) is 48.0 Å². The van der Waals surface area contributed by atoms with Crippen LogP contribution in [0.15, 0.2) is 42.5 Å². The van der Waals surface area contributed by atoms with Crippen molar-refractivity contribution in [1.82, 2.24) is 15.5 Å². The van der Waals surface area contributed by atoms with Crippen molar-refractivity contribution in [2.45, 2.75) is 69.5 Å². The third-order valence-electron chi connectivity index (χ3n) is 6.47. The van der Waals surface area contributed by atoms with Gasteiger partial charge >= 0.3 is 5.97 Å². The van der Waals surface area contributed by atoms with E-state index in [1.54, 1.807) is 25.1 Å². The number of esters is 1. The van der Waals surface area contributed by atoms with Crippen LogP contribution in [0.3, 0.4) is 0 Å². The Labute approximate surface area is 203 Å². The molecule has 0 saturated carbocycles. The molecule has 3 heterocycles. The molecule has 1 aromatic rings. The Morgan fingerprint density at radius 1 is 1.06 bits per heavy atom. The number of carbonyl (C=O) groups is 5. The third kappa shape index (κ3) is 5.43. The first-order chi connectivity index (χ1) is 16.9. The highest BCUT2D eigenvalue weighted by atomic mass is 16.7. The van der Waals surface area contributed by atoms with Crippen LogP contribution in [0, 0.1) is 0 Å². The fourth-order valence-electron chi connectivity index (χ4n) is 4.78. The molecular formula is C25H29N3O7. The Morgan fingerprint density at radius 2 is 1.80 bits per heavy atom. The summed E-state index contributed by atoms with van der Waals surface area (Å²) in [5, 5.41) is 5.37. The monoisotopic (exact) mass is 483 g/mol. The van der Waals surface area contributed by atoms with Crippen molar-refractivity contribution in [1.29, 1.82) is 0 Å². The lowest BCUT2D eigenvalue weighted by Gasteiger charge is -2.34. The number of Topliss-reactive ketones (excluding diaryl/α,β-unsaturated/α-hetero) is 1. The molecule has 2 unspecified atom stereocenters. The summed E-state index contributed by atoms with van der Waals surface area (Å²) in [5.41, 5.74) is 0.229. The molecule has 10 nitrogen and oxygen atoms in total. The molecule has 2 saturated heterocycles. The maximum absolute atomic E-state index is 13.5. The van der Waals surface area contributed by atoms with Crippen LogP contribution in [0.2, 0.25) is 0 Å². The largest absolute Gasteiger partial charge is 0.433 e. The lowest BCUT2D eigenvalue weighted by Crippen LogP contribution is -2.58. The molecule has 4 rings (SSSR count). The van der Waals surface area contributed by atoms with Crippen LogP contribution in [0.5, 0.6) is 0 Å². The summed E-state index contributed by atoms with van der Waals surface area (Å²) in [6, 6.07) is 5.53. The van der Waals surface area contributed by atoms with Crippen molar-refractivity contribution >= 4 is 29.5 Å². The highest BCUT2D eigenvalue weighted by molar-refractivity contribution is 6.43. The van der Waals surface area contributed by atoms with Gasteiger partial charge in [0.1, 0.15) is 18.1 Å². The lowest BCUT2D eigenvalue weighted by atomic mass is 10.0. The van der Waals surface area contributed by atoms with Gasteiger partial charge in [0.05, 0.1) is 6.42 Å². The van der Waals surface area contributed by atoms with Crippen LogP contribution in [0.4, 0.5) is 0 Å². The molecule has 1 aromatic carbocycles. The fraction of sp³-hybridized carbons (Fsp3) is 0.480. The Bertz CT molecular complexity index is 1030. The summed E-state index contributed by atoms with van der Waals surface area (Å²) in [6.45, 7) is 2.08. The Kier molecular flexibility index (Phi) is 7.60. The topological polar surface area (TPSA) is 131 Å². The first-order valence-corrected chi connectivity index (χ1v) is 11.9. The van der Waals surface area contributed by atoms with Gasteiger partial charge in [-0.3, -0.25) is 24.0 Å². The molecule has 0 bridgehead atoms. The predicted octanol–water partition coefficient (Wildman–Crippen LogP) is 0.858. The fourth-order valence-corrected chi connectivity index (χ4v) is 4.78. The van der Waals surface area contributed by atoms with Gasteiger partial charge in [0, 0.05) is 18.2 Å². The number of hydrogen-bond donors (Lipinski definition) is 2. The van der Waals surface area contributed by atoms with Gasteiger partial charge in [0.15, 0.2) is 0 Å². The number of carbonyl (C=O) groups excluding carboxylic acids is 5. The second-order valence-electron chi connectivity index (χ2n) is 8.79. The quantitative estimate of drug-likeness (QED) is 0.255. The van der Waals surface area contributed by atoms with Gasteiger partial charge in [0.25, 0.3) is 5.91 Å². The van der Waals surface area contributed by atoms with Crippen molar-refractivity contribution in [2.75, 3.05) is 6.61 Å². The van der Waals surface area contributed by atoms with Crippen LogP contribution in [-0.2, 0) is 28.7 Å². The summed E-state index contributed by atoms with van der Waals surface area (Å²) in [6.07, 6.45) is 4.73. The summed E-state index contributed by atoms with van der Waals surface area (Å²) in [7, 11) is 0. The number of rotatable bonds is 7. The summed E-state index contributed by atoms with van der Waals surface area (Å²) < 4.78 is 10.5. The standard InChI is InChI=1S/C25H29N3O7/c1-2-34-25-18(14-20(29)35-25)27-22(31)19-13-12-16-10-6-7-11-17(24(33)28(16)19)26-23(32)21(30)15-8-4-3-5-9-15/h3-9,16-19,25H,2,10-14H2,1H3,(H,26,32)(H,27,31)/t16-,17+,18?,19+,25?/m1/s1. The molecule has 3 amide bonds. The minimum absolute atomic E-state index is 0.0104. The van der Waals surface area contributed by atoms with Gasteiger partial charge in [-0.2, -0.15) is 0 Å². The molecule has 0 aliphatic carbocycles. The highest BCUT2D eigenvalue weighted by Crippen LogP contribution is 2.30. The van der Waals surface area contributed by atoms with Crippen molar-refractivity contribution < 1.29 is 33.4 Å². The first kappa shape index (κ1) is 24.6. The zero-order chi connectivity index (χ0) is 24.9. The summed E-state index contributed by atoms with van der Waals surface area (Å²) >= 11 is 0. The second kappa shape index (κ2) is 10.8. The average molecular weight is 484 g/mol. The smallest absolute Gasteiger partial charge is 0.310 e. The number of hydrogen-bond acceptors (Lipinski definition) is 7. The highest BCUT2D eigenvalue weighted by Gasteiger charge is 2.45. The molecule has 0 aromatic heterocycles. The van der Waals surface area contributed by atoms with E-state index in [4.69, 9.17) is 9.47 Å². The van der Waals surface area contributed by atoms with Crippen molar-refractivity contribution in [3.8, 4) is 0 Å². The van der Waals surface area contributed by atoms with E-state index in [1.165, 1.54) is 17.0 Å². The summed E-state index contributed by atoms with van der Waals surface area (Å²) in [5.74, 6) is -2.88. The van der Waals surface area contributed by atoms with Gasteiger partial charge < -0.3 is 25.0 Å². The lowest BCUT2D eigenvalue weighted by molar-refractivity contribution is -0.164. The van der Waals surface area contributed by atoms with Crippen LogP contribution in [0.1, 0.15) is 49.4 Å².